The number of rotatable bonds is 5. The molecule has 190 valence electrons. The number of aryl methyl sites for hydroxylation is 2. The molecule has 2 aromatic heterocycles. The van der Waals surface area contributed by atoms with Gasteiger partial charge >= 0.3 is 0 Å². The number of nitro groups is 1. The van der Waals surface area contributed by atoms with Crippen molar-refractivity contribution in [3.8, 4) is 10.6 Å². The first-order chi connectivity index (χ1) is 17.8. The number of amides is 1. The van der Waals surface area contributed by atoms with Gasteiger partial charge in [0.1, 0.15) is 10.7 Å². The minimum Gasteiger partial charge on any atom is -0.366 e. The summed E-state index contributed by atoms with van der Waals surface area (Å²) < 4.78 is 1.69. The van der Waals surface area contributed by atoms with Crippen LogP contribution in [-0.4, -0.2) is 48.8 Å². The first kappa shape index (κ1) is 24.7. The Hall–Kier alpha value is -3.97. The lowest BCUT2D eigenvalue weighted by molar-refractivity contribution is -0.384. The summed E-state index contributed by atoms with van der Waals surface area (Å²) in [5.41, 5.74) is 3.10. The summed E-state index contributed by atoms with van der Waals surface area (Å²) in [5.74, 6) is 0.180. The van der Waals surface area contributed by atoms with Crippen LogP contribution >= 0.6 is 23.6 Å². The van der Waals surface area contributed by atoms with Crippen LogP contribution in [0.15, 0.2) is 36.4 Å². The summed E-state index contributed by atoms with van der Waals surface area (Å²) in [6.07, 6.45) is 3.10. The SMILES string of the molecule is Cc1ccc(-c2nn3c(C)nnc3s2)cc1NC(=S)NC(=O)c1ccc(N2CCCCC2)c([N+](=O)[O-])c1. The number of nitro benzene ring substituents is 1. The van der Waals surface area contributed by atoms with Gasteiger partial charge in [-0.3, -0.25) is 20.2 Å². The molecule has 0 saturated carbocycles. The van der Waals surface area contributed by atoms with E-state index in [1.807, 2.05) is 36.9 Å². The fraction of sp³-hybridized carbons (Fsp3) is 0.292. The van der Waals surface area contributed by atoms with Crippen molar-refractivity contribution in [2.24, 2.45) is 0 Å². The predicted molar refractivity (Wildman–Crippen MR) is 146 cm³/mol. The third-order valence-electron chi connectivity index (χ3n) is 6.24. The van der Waals surface area contributed by atoms with Gasteiger partial charge in [-0.25, -0.2) is 0 Å². The molecule has 2 N–H and O–H groups in total. The maximum atomic E-state index is 12.9. The number of aromatic nitrogens is 4. The molecule has 37 heavy (non-hydrogen) atoms. The number of benzene rings is 2. The summed E-state index contributed by atoms with van der Waals surface area (Å²) in [4.78, 5) is 26.9. The zero-order valence-corrected chi connectivity index (χ0v) is 21.9. The van der Waals surface area contributed by atoms with Gasteiger partial charge in [-0.15, -0.1) is 10.2 Å². The average Bonchev–Trinajstić information content (AvgIpc) is 3.47. The van der Waals surface area contributed by atoms with Crippen LogP contribution in [0.3, 0.4) is 0 Å². The summed E-state index contributed by atoms with van der Waals surface area (Å²) in [5, 5.41) is 31.0. The third kappa shape index (κ3) is 5.13. The molecule has 0 bridgehead atoms. The van der Waals surface area contributed by atoms with Gasteiger partial charge in [0, 0.05) is 36.0 Å². The number of hydrogen-bond donors (Lipinski definition) is 2. The van der Waals surface area contributed by atoms with Crippen molar-refractivity contribution in [3.63, 3.8) is 0 Å². The van der Waals surface area contributed by atoms with E-state index in [1.54, 1.807) is 16.6 Å². The molecule has 0 spiro atoms. The van der Waals surface area contributed by atoms with Crippen molar-refractivity contribution in [2.45, 2.75) is 33.1 Å². The molecular formula is C24H24N8O3S2. The van der Waals surface area contributed by atoms with Gasteiger partial charge in [0.2, 0.25) is 4.96 Å². The van der Waals surface area contributed by atoms with Crippen LogP contribution in [0, 0.1) is 24.0 Å². The van der Waals surface area contributed by atoms with E-state index in [9.17, 15) is 14.9 Å². The van der Waals surface area contributed by atoms with E-state index in [1.165, 1.54) is 17.4 Å². The molecule has 0 atom stereocenters. The van der Waals surface area contributed by atoms with Crippen molar-refractivity contribution in [2.75, 3.05) is 23.3 Å². The standard InChI is InChI=1S/C24H24N8O3S2/c1-14-6-7-17(22-29-31-15(2)27-28-24(31)37-22)12-18(14)25-23(36)26-21(33)16-8-9-19(20(13-16)32(34)35)30-10-4-3-5-11-30/h6-9,12-13H,3-5,10-11H2,1-2H3,(H2,25,26,33,36). The quantitative estimate of drug-likeness (QED) is 0.215. The lowest BCUT2D eigenvalue weighted by Gasteiger charge is -2.28. The number of thiocarbonyl (C=S) groups is 1. The number of fused-ring (bicyclic) bond motifs is 1. The molecule has 0 radical (unpaired) electrons. The van der Waals surface area contributed by atoms with E-state index >= 15 is 0 Å². The van der Waals surface area contributed by atoms with E-state index in [4.69, 9.17) is 12.2 Å². The van der Waals surface area contributed by atoms with Gasteiger partial charge in [-0.1, -0.05) is 23.5 Å². The van der Waals surface area contributed by atoms with Gasteiger partial charge in [0.25, 0.3) is 11.6 Å². The molecule has 1 amide bonds. The van der Waals surface area contributed by atoms with Gasteiger partial charge in [0.15, 0.2) is 10.9 Å². The Morgan fingerprint density at radius 2 is 1.89 bits per heavy atom. The van der Waals surface area contributed by atoms with Crippen LogP contribution in [0.25, 0.3) is 15.5 Å². The minimum absolute atomic E-state index is 0.0852. The zero-order valence-electron chi connectivity index (χ0n) is 20.2. The lowest BCUT2D eigenvalue weighted by atomic mass is 10.1. The number of carbonyl (C=O) groups is 1. The predicted octanol–water partition coefficient (Wildman–Crippen LogP) is 4.49. The summed E-state index contributed by atoms with van der Waals surface area (Å²) in [6, 6.07) is 10.3. The molecule has 1 fully saturated rings. The van der Waals surface area contributed by atoms with E-state index in [0.29, 0.717) is 22.2 Å². The van der Waals surface area contributed by atoms with Crippen LogP contribution in [0.4, 0.5) is 17.1 Å². The Bertz CT molecular complexity index is 1520. The second-order valence-electron chi connectivity index (χ2n) is 8.80. The highest BCUT2D eigenvalue weighted by molar-refractivity contribution is 7.80. The van der Waals surface area contributed by atoms with Crippen molar-refractivity contribution in [1.82, 2.24) is 25.1 Å². The molecular weight excluding hydrogens is 512 g/mol. The van der Waals surface area contributed by atoms with Crippen LogP contribution in [0.2, 0.25) is 0 Å². The van der Waals surface area contributed by atoms with Crippen LogP contribution in [0.1, 0.15) is 41.0 Å². The maximum Gasteiger partial charge on any atom is 0.293 e. The van der Waals surface area contributed by atoms with Crippen molar-refractivity contribution < 1.29 is 9.72 Å². The number of nitrogens with one attached hydrogen (secondary N) is 2. The number of carbonyl (C=O) groups excluding carboxylic acids is 1. The van der Waals surface area contributed by atoms with Gasteiger partial charge in [-0.05, 0) is 69.1 Å². The third-order valence-corrected chi connectivity index (χ3v) is 7.39. The van der Waals surface area contributed by atoms with Crippen molar-refractivity contribution in [1.29, 1.82) is 0 Å². The van der Waals surface area contributed by atoms with Crippen LogP contribution in [-0.2, 0) is 0 Å². The second-order valence-corrected chi connectivity index (χ2v) is 10.2. The smallest absolute Gasteiger partial charge is 0.293 e. The molecule has 13 heteroatoms. The molecule has 1 aliphatic heterocycles. The summed E-state index contributed by atoms with van der Waals surface area (Å²) >= 11 is 6.80. The monoisotopic (exact) mass is 536 g/mol. The molecule has 0 unspecified atom stereocenters. The Morgan fingerprint density at radius 1 is 1.11 bits per heavy atom. The largest absolute Gasteiger partial charge is 0.366 e. The molecule has 4 aromatic rings. The highest BCUT2D eigenvalue weighted by Gasteiger charge is 2.23. The van der Waals surface area contributed by atoms with Gasteiger partial charge < -0.3 is 10.2 Å². The summed E-state index contributed by atoms with van der Waals surface area (Å²) in [7, 11) is 0. The Balaban J connectivity index is 1.31. The lowest BCUT2D eigenvalue weighted by Crippen LogP contribution is -2.34. The van der Waals surface area contributed by atoms with E-state index in [0.717, 1.165) is 48.5 Å². The normalized spacial score (nSPS) is 13.5. The molecule has 2 aromatic carbocycles. The Labute approximate surface area is 221 Å². The molecule has 0 aliphatic carbocycles. The topological polar surface area (TPSA) is 131 Å². The first-order valence-electron chi connectivity index (χ1n) is 11.8. The zero-order chi connectivity index (χ0) is 26.1. The first-order valence-corrected chi connectivity index (χ1v) is 13.0. The number of hydrogen-bond acceptors (Lipinski definition) is 9. The fourth-order valence-corrected chi connectivity index (χ4v) is 5.35. The number of piperidine rings is 1. The molecule has 1 aliphatic rings. The van der Waals surface area contributed by atoms with Crippen molar-refractivity contribution >= 4 is 56.6 Å². The minimum atomic E-state index is -0.524. The highest BCUT2D eigenvalue weighted by atomic mass is 32.1. The molecule has 11 nitrogen and oxygen atoms in total. The molecule has 3 heterocycles. The second kappa shape index (κ2) is 10.2. The molecule has 1 saturated heterocycles. The van der Waals surface area contributed by atoms with Gasteiger partial charge in [-0.2, -0.15) is 9.61 Å². The van der Waals surface area contributed by atoms with E-state index in [-0.39, 0.29) is 16.4 Å². The maximum absolute atomic E-state index is 12.9. The van der Waals surface area contributed by atoms with Crippen LogP contribution < -0.4 is 15.5 Å². The number of nitrogens with zero attached hydrogens (tertiary/aromatic N) is 6. The molecule has 5 rings (SSSR count). The average molecular weight is 537 g/mol. The van der Waals surface area contributed by atoms with E-state index in [2.05, 4.69) is 25.9 Å². The number of anilines is 2. The highest BCUT2D eigenvalue weighted by Crippen LogP contribution is 2.32. The van der Waals surface area contributed by atoms with E-state index < -0.39 is 10.8 Å². The van der Waals surface area contributed by atoms with Crippen LogP contribution in [0.5, 0.6) is 0 Å². The summed E-state index contributed by atoms with van der Waals surface area (Å²) in [6.45, 7) is 5.29. The fourth-order valence-electron chi connectivity index (χ4n) is 4.26. The van der Waals surface area contributed by atoms with Crippen molar-refractivity contribution in [3.05, 3.63) is 63.5 Å². The Morgan fingerprint density at radius 3 is 2.62 bits per heavy atom. The Kier molecular flexibility index (Phi) is 6.80. The van der Waals surface area contributed by atoms with Gasteiger partial charge in [0.05, 0.1) is 4.92 Å².